The standard InChI is InChI=1S/C11H22/c1-4-6-8-10-11(3)9-7-5-2/h4,11H,1,5-10H2,2-3H3/t11-/m0/s1. The first-order valence-electron chi connectivity index (χ1n) is 4.92. The van der Waals surface area contributed by atoms with E-state index < -0.39 is 0 Å². The average Bonchev–Trinajstić information content (AvgIpc) is 2.01. The smallest absolute Gasteiger partial charge is 0.0353 e. The topological polar surface area (TPSA) is 0 Å². The van der Waals surface area contributed by atoms with Crippen molar-refractivity contribution < 1.29 is 0 Å². The van der Waals surface area contributed by atoms with E-state index in [2.05, 4.69) is 20.4 Å². The van der Waals surface area contributed by atoms with E-state index in [9.17, 15) is 0 Å². The van der Waals surface area contributed by atoms with E-state index in [1.807, 2.05) is 6.08 Å². The number of rotatable bonds is 7. The molecule has 0 bridgehead atoms. The van der Waals surface area contributed by atoms with Crippen molar-refractivity contribution in [1.29, 1.82) is 0 Å². The largest absolute Gasteiger partial charge is 0.103 e. The zero-order chi connectivity index (χ0) is 8.53. The van der Waals surface area contributed by atoms with E-state index in [-0.39, 0.29) is 0 Å². The van der Waals surface area contributed by atoms with Crippen LogP contribution in [0.1, 0.15) is 52.4 Å². The Kier molecular flexibility index (Phi) is 7.66. The average molecular weight is 154 g/mol. The highest BCUT2D eigenvalue weighted by molar-refractivity contribution is 4.66. The molecule has 0 N–H and O–H groups in total. The summed E-state index contributed by atoms with van der Waals surface area (Å²) < 4.78 is 0. The minimum Gasteiger partial charge on any atom is -0.103 e. The normalized spacial score (nSPS) is 12.9. The van der Waals surface area contributed by atoms with Gasteiger partial charge in [0, 0.05) is 0 Å². The van der Waals surface area contributed by atoms with Crippen LogP contribution < -0.4 is 0 Å². The van der Waals surface area contributed by atoms with Crippen LogP contribution in [0, 0.1) is 5.92 Å². The van der Waals surface area contributed by atoms with E-state index in [1.54, 1.807) is 0 Å². The lowest BCUT2D eigenvalue weighted by atomic mass is 9.98. The fraction of sp³-hybridized carbons (Fsp3) is 0.818. The van der Waals surface area contributed by atoms with Crippen LogP contribution in [-0.2, 0) is 0 Å². The third-order valence-electron chi connectivity index (χ3n) is 2.16. The van der Waals surface area contributed by atoms with Gasteiger partial charge in [-0.3, -0.25) is 0 Å². The zero-order valence-corrected chi connectivity index (χ0v) is 8.10. The van der Waals surface area contributed by atoms with Gasteiger partial charge in [-0.2, -0.15) is 0 Å². The molecule has 0 heteroatoms. The fourth-order valence-electron chi connectivity index (χ4n) is 1.31. The van der Waals surface area contributed by atoms with Crippen LogP contribution in [0.3, 0.4) is 0 Å². The molecule has 0 spiro atoms. The first-order chi connectivity index (χ1) is 5.31. The van der Waals surface area contributed by atoms with Gasteiger partial charge in [0.25, 0.3) is 0 Å². The molecule has 0 aliphatic rings. The molecule has 0 aromatic rings. The Morgan fingerprint density at radius 3 is 2.45 bits per heavy atom. The van der Waals surface area contributed by atoms with E-state index in [1.165, 1.54) is 38.5 Å². The Bertz CT molecular complexity index is 84.0. The molecule has 0 rings (SSSR count). The first kappa shape index (κ1) is 10.7. The van der Waals surface area contributed by atoms with Crippen LogP contribution in [0.15, 0.2) is 12.7 Å². The Hall–Kier alpha value is -0.260. The van der Waals surface area contributed by atoms with Gasteiger partial charge in [-0.1, -0.05) is 45.6 Å². The Balaban J connectivity index is 3.08. The van der Waals surface area contributed by atoms with Gasteiger partial charge in [0.05, 0.1) is 0 Å². The van der Waals surface area contributed by atoms with Crippen molar-refractivity contribution in [3.05, 3.63) is 12.7 Å². The van der Waals surface area contributed by atoms with Crippen molar-refractivity contribution in [2.75, 3.05) is 0 Å². The van der Waals surface area contributed by atoms with Crippen molar-refractivity contribution in [2.24, 2.45) is 5.92 Å². The second-order valence-electron chi connectivity index (χ2n) is 3.47. The van der Waals surface area contributed by atoms with Gasteiger partial charge in [-0.25, -0.2) is 0 Å². The molecule has 66 valence electrons. The highest BCUT2D eigenvalue weighted by Crippen LogP contribution is 2.14. The van der Waals surface area contributed by atoms with Gasteiger partial charge in [0.1, 0.15) is 0 Å². The van der Waals surface area contributed by atoms with Gasteiger partial charge < -0.3 is 0 Å². The lowest BCUT2D eigenvalue weighted by molar-refractivity contribution is 0.459. The van der Waals surface area contributed by atoms with Crippen molar-refractivity contribution in [3.63, 3.8) is 0 Å². The molecule has 0 heterocycles. The van der Waals surface area contributed by atoms with Gasteiger partial charge >= 0.3 is 0 Å². The maximum absolute atomic E-state index is 3.72. The molecule has 0 saturated carbocycles. The second kappa shape index (κ2) is 7.84. The maximum atomic E-state index is 3.72. The summed E-state index contributed by atoms with van der Waals surface area (Å²) in [5.74, 6) is 0.926. The number of allylic oxidation sites excluding steroid dienone is 1. The summed E-state index contributed by atoms with van der Waals surface area (Å²) in [5.41, 5.74) is 0. The predicted octanol–water partition coefficient (Wildman–Crippen LogP) is 4.17. The van der Waals surface area contributed by atoms with Crippen LogP contribution in [-0.4, -0.2) is 0 Å². The van der Waals surface area contributed by atoms with Gasteiger partial charge in [-0.05, 0) is 18.8 Å². The van der Waals surface area contributed by atoms with Crippen molar-refractivity contribution in [2.45, 2.75) is 52.4 Å². The summed E-state index contributed by atoms with van der Waals surface area (Å²) in [6.07, 6.45) is 10.1. The Morgan fingerprint density at radius 2 is 1.91 bits per heavy atom. The molecule has 0 nitrogen and oxygen atoms in total. The van der Waals surface area contributed by atoms with Crippen molar-refractivity contribution in [3.8, 4) is 0 Å². The molecule has 0 aromatic carbocycles. The van der Waals surface area contributed by atoms with E-state index in [4.69, 9.17) is 0 Å². The molecule has 11 heavy (non-hydrogen) atoms. The molecule has 0 radical (unpaired) electrons. The van der Waals surface area contributed by atoms with E-state index >= 15 is 0 Å². The fourth-order valence-corrected chi connectivity index (χ4v) is 1.31. The van der Waals surface area contributed by atoms with Crippen molar-refractivity contribution >= 4 is 0 Å². The number of unbranched alkanes of at least 4 members (excludes halogenated alkanes) is 2. The van der Waals surface area contributed by atoms with E-state index in [0.29, 0.717) is 0 Å². The highest BCUT2D eigenvalue weighted by Gasteiger charge is 1.99. The summed E-state index contributed by atoms with van der Waals surface area (Å²) in [6, 6.07) is 0. The lowest BCUT2D eigenvalue weighted by Crippen LogP contribution is -1.93. The molecule has 0 aromatic heterocycles. The minimum absolute atomic E-state index is 0.926. The molecule has 0 unspecified atom stereocenters. The van der Waals surface area contributed by atoms with Gasteiger partial charge in [0.2, 0.25) is 0 Å². The molecule has 0 amide bonds. The maximum Gasteiger partial charge on any atom is -0.0353 e. The van der Waals surface area contributed by atoms with Crippen LogP contribution >= 0.6 is 0 Å². The van der Waals surface area contributed by atoms with Crippen LogP contribution in [0.4, 0.5) is 0 Å². The summed E-state index contributed by atoms with van der Waals surface area (Å²) >= 11 is 0. The van der Waals surface area contributed by atoms with E-state index in [0.717, 1.165) is 5.92 Å². The summed E-state index contributed by atoms with van der Waals surface area (Å²) in [6.45, 7) is 8.34. The third-order valence-corrected chi connectivity index (χ3v) is 2.16. The quantitative estimate of drug-likeness (QED) is 0.381. The molecule has 0 aliphatic carbocycles. The van der Waals surface area contributed by atoms with Crippen LogP contribution in [0.25, 0.3) is 0 Å². The summed E-state index contributed by atoms with van der Waals surface area (Å²) in [5, 5.41) is 0. The number of hydrogen-bond acceptors (Lipinski definition) is 0. The monoisotopic (exact) mass is 154 g/mol. The molecular weight excluding hydrogens is 132 g/mol. The van der Waals surface area contributed by atoms with Gasteiger partial charge in [-0.15, -0.1) is 6.58 Å². The third kappa shape index (κ3) is 7.64. The zero-order valence-electron chi connectivity index (χ0n) is 8.10. The minimum atomic E-state index is 0.926. The molecule has 0 fully saturated rings. The van der Waals surface area contributed by atoms with Crippen molar-refractivity contribution in [1.82, 2.24) is 0 Å². The second-order valence-corrected chi connectivity index (χ2v) is 3.47. The highest BCUT2D eigenvalue weighted by atomic mass is 14.0. The SMILES string of the molecule is C=CCCC[C@@H](C)CCCC. The predicted molar refractivity (Wildman–Crippen MR) is 52.7 cm³/mol. The lowest BCUT2D eigenvalue weighted by Gasteiger charge is -2.08. The van der Waals surface area contributed by atoms with Crippen LogP contribution in [0.5, 0.6) is 0 Å². The summed E-state index contributed by atoms with van der Waals surface area (Å²) in [4.78, 5) is 0. The molecule has 0 aliphatic heterocycles. The van der Waals surface area contributed by atoms with Crippen LogP contribution in [0.2, 0.25) is 0 Å². The molecular formula is C11H22. The molecule has 0 saturated heterocycles. The van der Waals surface area contributed by atoms with Gasteiger partial charge in [0.15, 0.2) is 0 Å². The Morgan fingerprint density at radius 1 is 1.27 bits per heavy atom. The Labute approximate surface area is 71.7 Å². The first-order valence-corrected chi connectivity index (χ1v) is 4.92. The number of hydrogen-bond donors (Lipinski definition) is 0. The summed E-state index contributed by atoms with van der Waals surface area (Å²) in [7, 11) is 0. The molecule has 1 atom stereocenters.